The van der Waals surface area contributed by atoms with Crippen molar-refractivity contribution in [1.82, 2.24) is 0 Å². The topological polar surface area (TPSA) is 210 Å². The highest BCUT2D eigenvalue weighted by atomic mass is 31.2. The highest BCUT2D eigenvalue weighted by Crippen LogP contribution is 2.47. The predicted octanol–water partition coefficient (Wildman–Crippen LogP) is 7.38. The molecule has 0 aromatic heterocycles. The van der Waals surface area contributed by atoms with E-state index in [1.54, 1.807) is 0 Å². The fourth-order valence-electron chi connectivity index (χ4n) is 5.97. The maximum absolute atomic E-state index is 12.8. The van der Waals surface area contributed by atoms with Crippen molar-refractivity contribution in [3.8, 4) is 0 Å². The van der Waals surface area contributed by atoms with Crippen molar-refractivity contribution in [2.24, 2.45) is 0 Å². The van der Waals surface area contributed by atoms with E-state index < -0.39 is 75.7 Å². The van der Waals surface area contributed by atoms with E-state index in [-0.39, 0.29) is 12.8 Å². The van der Waals surface area contributed by atoms with Gasteiger partial charge in [-0.2, -0.15) is 0 Å². The molecule has 0 saturated heterocycles. The Morgan fingerprint density at radius 1 is 0.561 bits per heavy atom. The smallest absolute Gasteiger partial charge is 0.462 e. The Labute approximate surface area is 341 Å². The second-order valence-electron chi connectivity index (χ2n) is 14.5. The fourth-order valence-corrected chi connectivity index (χ4v) is 6.94. The molecule has 6 N–H and O–H groups in total. The molecule has 0 heterocycles. The SMILES string of the molecule is CC/C=C\C/C=C\C/C=C\C/C=C\C/C=C\CCCC(=O)OC(COC(=O)CCCCCCCCCCCCC)COP(=O)(O)OC1C(O)C(O)C(O)C(O)C1O. The molecule has 1 rings (SSSR count). The van der Waals surface area contributed by atoms with E-state index in [1.807, 2.05) is 12.2 Å². The number of phosphoric acid groups is 1. The van der Waals surface area contributed by atoms with Gasteiger partial charge in [0.15, 0.2) is 6.10 Å². The summed E-state index contributed by atoms with van der Waals surface area (Å²) in [5.74, 6) is -1.17. The predicted molar refractivity (Wildman–Crippen MR) is 221 cm³/mol. The number of hydrogen-bond donors (Lipinski definition) is 6. The number of ether oxygens (including phenoxy) is 2. The fraction of sp³-hybridized carbons (Fsp3) is 0.721. The maximum atomic E-state index is 12.8. The van der Waals surface area contributed by atoms with Gasteiger partial charge in [-0.15, -0.1) is 0 Å². The van der Waals surface area contributed by atoms with Crippen LogP contribution in [0.25, 0.3) is 0 Å². The molecule has 1 saturated carbocycles. The molecule has 1 aliphatic rings. The van der Waals surface area contributed by atoms with Crippen LogP contribution in [0.15, 0.2) is 60.8 Å². The average molecular weight is 829 g/mol. The molecule has 6 atom stereocenters. The van der Waals surface area contributed by atoms with Crippen LogP contribution in [0.1, 0.15) is 142 Å². The molecular formula is C43H73O13P. The second kappa shape index (κ2) is 33.4. The number of allylic oxidation sites excluding steroid dienone is 10. The van der Waals surface area contributed by atoms with Crippen molar-refractivity contribution < 1.29 is 63.1 Å². The molecule has 6 unspecified atom stereocenters. The molecule has 57 heavy (non-hydrogen) atoms. The molecule has 0 aromatic rings. The van der Waals surface area contributed by atoms with Gasteiger partial charge in [0.05, 0.1) is 6.61 Å². The average Bonchev–Trinajstić information content (AvgIpc) is 3.19. The number of aliphatic hydroxyl groups is 5. The molecule has 1 aliphatic carbocycles. The van der Waals surface area contributed by atoms with Gasteiger partial charge in [-0.1, -0.05) is 139 Å². The number of esters is 2. The maximum Gasteiger partial charge on any atom is 0.472 e. The zero-order valence-corrected chi connectivity index (χ0v) is 35.3. The normalized spacial score (nSPS) is 23.3. The summed E-state index contributed by atoms with van der Waals surface area (Å²) < 4.78 is 33.3. The number of unbranched alkanes of at least 4 members (excludes halogenated alkanes) is 11. The minimum absolute atomic E-state index is 0.0172. The van der Waals surface area contributed by atoms with Gasteiger partial charge in [0.25, 0.3) is 0 Å². The quantitative estimate of drug-likeness (QED) is 0.0165. The lowest BCUT2D eigenvalue weighted by Gasteiger charge is -2.41. The summed E-state index contributed by atoms with van der Waals surface area (Å²) >= 11 is 0. The van der Waals surface area contributed by atoms with Crippen LogP contribution in [-0.4, -0.2) is 98.3 Å². The van der Waals surface area contributed by atoms with Crippen molar-refractivity contribution in [3.63, 3.8) is 0 Å². The third kappa shape index (κ3) is 26.3. The van der Waals surface area contributed by atoms with Crippen LogP contribution in [-0.2, 0) is 32.7 Å². The Bertz CT molecular complexity index is 1230. The monoisotopic (exact) mass is 828 g/mol. The first-order chi connectivity index (χ1) is 27.4. The van der Waals surface area contributed by atoms with Crippen molar-refractivity contribution in [1.29, 1.82) is 0 Å². The molecule has 0 radical (unpaired) electrons. The Morgan fingerprint density at radius 2 is 1.00 bits per heavy atom. The van der Waals surface area contributed by atoms with Gasteiger partial charge in [-0.3, -0.25) is 18.6 Å². The van der Waals surface area contributed by atoms with E-state index in [0.29, 0.717) is 19.3 Å². The standard InChI is InChI=1S/C43H73O13P/c1-3-5-7-9-11-13-15-16-17-18-19-20-22-24-26-28-30-32-37(45)55-35(33-53-36(44)31-29-27-25-23-21-14-12-10-8-6-4-2)34-54-57(51,52)56-43-41(49)39(47)38(46)40(48)42(43)50/h5,7,11,13,16-17,19-20,24,26,35,38-43,46-50H,3-4,6,8-10,12,14-15,18,21-23,25,27-34H2,1-2H3,(H,51,52)/b7-5-,13-11-,17-16-,20-19-,26-24-. The molecule has 0 aliphatic heterocycles. The van der Waals surface area contributed by atoms with Crippen LogP contribution in [0.2, 0.25) is 0 Å². The largest absolute Gasteiger partial charge is 0.472 e. The first-order valence-electron chi connectivity index (χ1n) is 21.1. The Morgan fingerprint density at radius 3 is 1.51 bits per heavy atom. The molecule has 0 amide bonds. The second-order valence-corrected chi connectivity index (χ2v) is 15.9. The van der Waals surface area contributed by atoms with Crippen LogP contribution in [0.5, 0.6) is 0 Å². The molecule has 328 valence electrons. The lowest BCUT2D eigenvalue weighted by atomic mass is 9.85. The van der Waals surface area contributed by atoms with E-state index in [9.17, 15) is 44.6 Å². The minimum Gasteiger partial charge on any atom is -0.462 e. The molecule has 0 bridgehead atoms. The molecular weight excluding hydrogens is 755 g/mol. The number of aliphatic hydroxyl groups excluding tert-OH is 5. The summed E-state index contributed by atoms with van der Waals surface area (Å²) in [4.78, 5) is 35.5. The third-order valence-electron chi connectivity index (χ3n) is 9.37. The molecule has 1 fully saturated rings. The minimum atomic E-state index is -5.13. The van der Waals surface area contributed by atoms with E-state index in [0.717, 1.165) is 51.4 Å². The summed E-state index contributed by atoms with van der Waals surface area (Å²) in [5, 5.41) is 50.0. The van der Waals surface area contributed by atoms with Gasteiger partial charge >= 0.3 is 19.8 Å². The van der Waals surface area contributed by atoms with E-state index in [2.05, 4.69) is 62.5 Å². The number of phosphoric ester groups is 1. The lowest BCUT2D eigenvalue weighted by Crippen LogP contribution is -2.64. The van der Waals surface area contributed by atoms with Crippen molar-refractivity contribution >= 4 is 19.8 Å². The highest BCUT2D eigenvalue weighted by Gasteiger charge is 2.51. The van der Waals surface area contributed by atoms with Gasteiger partial charge in [0.2, 0.25) is 0 Å². The van der Waals surface area contributed by atoms with Gasteiger partial charge in [-0.05, 0) is 51.4 Å². The van der Waals surface area contributed by atoms with Crippen LogP contribution in [0.3, 0.4) is 0 Å². The zero-order valence-electron chi connectivity index (χ0n) is 34.4. The van der Waals surface area contributed by atoms with Crippen LogP contribution < -0.4 is 0 Å². The van der Waals surface area contributed by atoms with Crippen LogP contribution >= 0.6 is 7.82 Å². The van der Waals surface area contributed by atoms with Gasteiger partial charge in [0, 0.05) is 12.8 Å². The third-order valence-corrected chi connectivity index (χ3v) is 10.4. The Balaban J connectivity index is 2.56. The van der Waals surface area contributed by atoms with Gasteiger partial charge < -0.3 is 39.9 Å². The van der Waals surface area contributed by atoms with Crippen molar-refractivity contribution in [3.05, 3.63) is 60.8 Å². The Kier molecular flexibility index (Phi) is 30.8. The van der Waals surface area contributed by atoms with Crippen LogP contribution in [0.4, 0.5) is 0 Å². The van der Waals surface area contributed by atoms with E-state index in [1.165, 1.54) is 44.9 Å². The van der Waals surface area contributed by atoms with Gasteiger partial charge in [-0.25, -0.2) is 4.57 Å². The van der Waals surface area contributed by atoms with Crippen molar-refractivity contribution in [2.45, 2.75) is 185 Å². The summed E-state index contributed by atoms with van der Waals surface area (Å²) in [6.45, 7) is 3.10. The molecule has 0 spiro atoms. The molecule has 13 nitrogen and oxygen atoms in total. The summed E-state index contributed by atoms with van der Waals surface area (Å²) in [6, 6.07) is 0. The summed E-state index contributed by atoms with van der Waals surface area (Å²) in [6.07, 6.45) is 25.8. The van der Waals surface area contributed by atoms with Crippen LogP contribution in [0, 0.1) is 0 Å². The van der Waals surface area contributed by atoms with E-state index >= 15 is 0 Å². The van der Waals surface area contributed by atoms with Crippen molar-refractivity contribution in [2.75, 3.05) is 13.2 Å². The zero-order chi connectivity index (χ0) is 42.2. The first kappa shape index (κ1) is 52.6. The number of carbonyl (C=O) groups excluding carboxylic acids is 2. The lowest BCUT2D eigenvalue weighted by molar-refractivity contribution is -0.220. The highest BCUT2D eigenvalue weighted by molar-refractivity contribution is 7.47. The number of carbonyl (C=O) groups is 2. The number of hydrogen-bond acceptors (Lipinski definition) is 12. The number of rotatable bonds is 33. The molecule has 0 aromatic carbocycles. The first-order valence-corrected chi connectivity index (χ1v) is 22.6. The Hall–Kier alpha value is -2.45. The van der Waals surface area contributed by atoms with E-state index in [4.69, 9.17) is 18.5 Å². The van der Waals surface area contributed by atoms with Gasteiger partial charge in [0.1, 0.15) is 43.2 Å². The molecule has 14 heteroatoms. The summed E-state index contributed by atoms with van der Waals surface area (Å²) in [5.41, 5.74) is 0. The summed E-state index contributed by atoms with van der Waals surface area (Å²) in [7, 11) is -5.13.